The van der Waals surface area contributed by atoms with Crippen LogP contribution in [0.5, 0.6) is 0 Å². The zero-order valence-corrected chi connectivity index (χ0v) is 13.9. The number of rotatable bonds is 7. The van der Waals surface area contributed by atoms with Gasteiger partial charge in [-0.25, -0.2) is 4.98 Å². The van der Waals surface area contributed by atoms with Gasteiger partial charge in [0.2, 0.25) is 5.91 Å². The Bertz CT molecular complexity index is 541. The summed E-state index contributed by atoms with van der Waals surface area (Å²) in [6.07, 6.45) is 6.64. The number of carbonyl (C=O) groups is 2. The van der Waals surface area contributed by atoms with Gasteiger partial charge in [0.05, 0.1) is 6.42 Å². The fourth-order valence-corrected chi connectivity index (χ4v) is 2.97. The van der Waals surface area contributed by atoms with E-state index in [0.29, 0.717) is 25.4 Å². The summed E-state index contributed by atoms with van der Waals surface area (Å²) < 4.78 is 1.82. The summed E-state index contributed by atoms with van der Waals surface area (Å²) in [5.41, 5.74) is 0. The Morgan fingerprint density at radius 3 is 2.87 bits per heavy atom. The summed E-state index contributed by atoms with van der Waals surface area (Å²) >= 11 is 0. The van der Waals surface area contributed by atoms with Crippen molar-refractivity contribution in [3.8, 4) is 0 Å². The molecule has 1 aliphatic heterocycles. The Balaban J connectivity index is 1.84. The third-order valence-corrected chi connectivity index (χ3v) is 4.41. The van der Waals surface area contributed by atoms with Crippen LogP contribution in [0.3, 0.4) is 0 Å². The van der Waals surface area contributed by atoms with Gasteiger partial charge in [-0.05, 0) is 26.9 Å². The summed E-state index contributed by atoms with van der Waals surface area (Å²) in [6, 6.07) is 0.435. The number of carbonyl (C=O) groups excluding carboxylic acids is 1. The average Bonchev–Trinajstić information content (AvgIpc) is 2.98. The molecule has 0 spiro atoms. The van der Waals surface area contributed by atoms with Crippen LogP contribution in [0.25, 0.3) is 0 Å². The molecule has 0 saturated carbocycles. The lowest BCUT2D eigenvalue weighted by atomic mass is 10.0. The molecular weight excluding hydrogens is 296 g/mol. The number of likely N-dealkylation sites (tertiary alicyclic amines) is 1. The first-order valence-electron chi connectivity index (χ1n) is 8.13. The third kappa shape index (κ3) is 5.06. The van der Waals surface area contributed by atoms with Gasteiger partial charge >= 0.3 is 5.97 Å². The molecule has 1 saturated heterocycles. The standard InChI is InChI=1S/C16H26N4O3/c1-18(2)13-4-3-9-20(12-13)15(21)6-5-14-17-8-11-19(14)10-7-16(22)23/h8,11,13H,3-7,9-10,12H2,1-2H3,(H,22,23)/t13-/m0/s1. The number of aliphatic carboxylic acids is 1. The fourth-order valence-electron chi connectivity index (χ4n) is 2.97. The largest absolute Gasteiger partial charge is 0.481 e. The molecule has 7 nitrogen and oxygen atoms in total. The lowest BCUT2D eigenvalue weighted by Gasteiger charge is -2.36. The Kier molecular flexibility index (Phi) is 6.15. The van der Waals surface area contributed by atoms with E-state index in [-0.39, 0.29) is 12.3 Å². The van der Waals surface area contributed by atoms with E-state index in [1.165, 1.54) is 0 Å². The van der Waals surface area contributed by atoms with Crippen molar-refractivity contribution < 1.29 is 14.7 Å². The van der Waals surface area contributed by atoms with Crippen LogP contribution >= 0.6 is 0 Å². The summed E-state index contributed by atoms with van der Waals surface area (Å²) in [7, 11) is 4.11. The molecule has 1 N–H and O–H groups in total. The van der Waals surface area contributed by atoms with Gasteiger partial charge in [-0.2, -0.15) is 0 Å². The van der Waals surface area contributed by atoms with Gasteiger partial charge in [0.15, 0.2) is 0 Å². The molecule has 128 valence electrons. The molecule has 0 radical (unpaired) electrons. The van der Waals surface area contributed by atoms with Crippen LogP contribution in [0.1, 0.15) is 31.5 Å². The van der Waals surface area contributed by atoms with Crippen LogP contribution in [0, 0.1) is 0 Å². The number of aryl methyl sites for hydroxylation is 2. The predicted molar refractivity (Wildman–Crippen MR) is 86.1 cm³/mol. The number of hydrogen-bond acceptors (Lipinski definition) is 4. The molecule has 0 bridgehead atoms. The van der Waals surface area contributed by atoms with Crippen molar-refractivity contribution in [3.05, 3.63) is 18.2 Å². The van der Waals surface area contributed by atoms with E-state index in [4.69, 9.17) is 5.11 Å². The van der Waals surface area contributed by atoms with E-state index < -0.39 is 5.97 Å². The molecule has 2 rings (SSSR count). The van der Waals surface area contributed by atoms with Crippen molar-refractivity contribution >= 4 is 11.9 Å². The maximum absolute atomic E-state index is 12.4. The molecule has 1 fully saturated rings. The molecule has 0 aliphatic carbocycles. The molecule has 1 aromatic heterocycles. The van der Waals surface area contributed by atoms with E-state index in [2.05, 4.69) is 24.0 Å². The topological polar surface area (TPSA) is 78.7 Å². The van der Waals surface area contributed by atoms with E-state index >= 15 is 0 Å². The van der Waals surface area contributed by atoms with E-state index in [9.17, 15) is 9.59 Å². The number of imidazole rings is 1. The van der Waals surface area contributed by atoms with Gasteiger partial charge in [-0.1, -0.05) is 0 Å². The Labute approximate surface area is 136 Å². The fraction of sp³-hybridized carbons (Fsp3) is 0.688. The molecule has 0 unspecified atom stereocenters. The number of nitrogens with zero attached hydrogens (tertiary/aromatic N) is 4. The number of hydrogen-bond donors (Lipinski definition) is 1. The van der Waals surface area contributed by atoms with Crippen molar-refractivity contribution in [2.24, 2.45) is 0 Å². The highest BCUT2D eigenvalue weighted by atomic mass is 16.4. The number of carboxylic acid groups (broad SMARTS) is 1. The lowest BCUT2D eigenvalue weighted by Crippen LogP contribution is -2.47. The summed E-state index contributed by atoms with van der Waals surface area (Å²) in [5, 5.41) is 8.76. The van der Waals surface area contributed by atoms with Gasteiger partial charge in [-0.15, -0.1) is 0 Å². The number of aromatic nitrogens is 2. The normalized spacial score (nSPS) is 18.4. The number of likely N-dealkylation sites (N-methyl/N-ethyl adjacent to an activating group) is 1. The molecule has 1 aromatic rings. The van der Waals surface area contributed by atoms with Crippen LogP contribution in [0.2, 0.25) is 0 Å². The van der Waals surface area contributed by atoms with E-state index in [1.807, 2.05) is 9.47 Å². The number of piperidine rings is 1. The van der Waals surface area contributed by atoms with Crippen LogP contribution in [-0.2, 0) is 22.6 Å². The second kappa shape index (κ2) is 8.10. The minimum Gasteiger partial charge on any atom is -0.481 e. The van der Waals surface area contributed by atoms with E-state index in [1.54, 1.807) is 12.4 Å². The van der Waals surface area contributed by atoms with Crippen LogP contribution in [0.15, 0.2) is 12.4 Å². The van der Waals surface area contributed by atoms with Crippen molar-refractivity contribution in [3.63, 3.8) is 0 Å². The molecule has 1 atom stereocenters. The molecular formula is C16H26N4O3. The minimum atomic E-state index is -0.830. The first kappa shape index (κ1) is 17.5. The molecule has 1 amide bonds. The molecule has 7 heteroatoms. The summed E-state index contributed by atoms with van der Waals surface area (Å²) in [4.78, 5) is 31.4. The van der Waals surface area contributed by atoms with Gasteiger partial charge in [0, 0.05) is 50.9 Å². The summed E-state index contributed by atoms with van der Waals surface area (Å²) in [5.74, 6) is 0.105. The smallest absolute Gasteiger partial charge is 0.305 e. The van der Waals surface area contributed by atoms with Crippen molar-refractivity contribution in [1.29, 1.82) is 0 Å². The quantitative estimate of drug-likeness (QED) is 0.805. The molecule has 0 aromatic carbocycles. The van der Waals surface area contributed by atoms with Crippen molar-refractivity contribution in [1.82, 2.24) is 19.4 Å². The zero-order valence-electron chi connectivity index (χ0n) is 13.9. The SMILES string of the molecule is CN(C)[C@H]1CCCN(C(=O)CCc2nccn2CCC(=O)O)C1. The Morgan fingerprint density at radius 2 is 2.17 bits per heavy atom. The van der Waals surface area contributed by atoms with Gasteiger partial charge in [-0.3, -0.25) is 9.59 Å². The van der Waals surface area contributed by atoms with E-state index in [0.717, 1.165) is 31.8 Å². The van der Waals surface area contributed by atoms with Gasteiger partial charge < -0.3 is 19.5 Å². The maximum atomic E-state index is 12.4. The molecule has 1 aliphatic rings. The summed E-state index contributed by atoms with van der Waals surface area (Å²) in [6.45, 7) is 2.02. The highest BCUT2D eigenvalue weighted by Crippen LogP contribution is 2.15. The average molecular weight is 322 g/mol. The maximum Gasteiger partial charge on any atom is 0.305 e. The third-order valence-electron chi connectivity index (χ3n) is 4.41. The Morgan fingerprint density at radius 1 is 1.39 bits per heavy atom. The number of carboxylic acids is 1. The molecule has 2 heterocycles. The predicted octanol–water partition coefficient (Wildman–Crippen LogP) is 0.843. The van der Waals surface area contributed by atoms with Crippen LogP contribution < -0.4 is 0 Å². The van der Waals surface area contributed by atoms with Gasteiger partial charge in [0.25, 0.3) is 0 Å². The van der Waals surface area contributed by atoms with Gasteiger partial charge in [0.1, 0.15) is 5.82 Å². The van der Waals surface area contributed by atoms with Crippen LogP contribution in [0.4, 0.5) is 0 Å². The van der Waals surface area contributed by atoms with Crippen molar-refractivity contribution in [2.75, 3.05) is 27.2 Å². The second-order valence-corrected chi connectivity index (χ2v) is 6.28. The first-order chi connectivity index (χ1) is 11.0. The monoisotopic (exact) mass is 322 g/mol. The zero-order chi connectivity index (χ0) is 16.8. The highest BCUT2D eigenvalue weighted by molar-refractivity contribution is 5.76. The Hall–Kier alpha value is -1.89. The molecule has 23 heavy (non-hydrogen) atoms. The second-order valence-electron chi connectivity index (χ2n) is 6.28. The lowest BCUT2D eigenvalue weighted by molar-refractivity contribution is -0.137. The minimum absolute atomic E-state index is 0.0634. The highest BCUT2D eigenvalue weighted by Gasteiger charge is 2.24. The van der Waals surface area contributed by atoms with Crippen LogP contribution in [-0.4, -0.2) is 69.6 Å². The van der Waals surface area contributed by atoms with Crippen molar-refractivity contribution in [2.45, 2.75) is 44.7 Å². The number of amides is 1. The first-order valence-corrected chi connectivity index (χ1v) is 8.13.